The quantitative estimate of drug-likeness (QED) is 0.750. The number of nitrogens with zero attached hydrogens (tertiary/aromatic N) is 1. The lowest BCUT2D eigenvalue weighted by Crippen LogP contribution is -2.37. The van der Waals surface area contributed by atoms with Crippen LogP contribution < -0.4 is 0 Å². The number of carbonyl (C=O) groups excluding carboxylic acids is 2. The van der Waals surface area contributed by atoms with Crippen LogP contribution in [0, 0.1) is 11.7 Å². The van der Waals surface area contributed by atoms with Gasteiger partial charge in [-0.2, -0.15) is 0 Å². The van der Waals surface area contributed by atoms with E-state index in [0.29, 0.717) is 12.0 Å². The average molecular weight is 328 g/mol. The van der Waals surface area contributed by atoms with Crippen LogP contribution >= 0.6 is 12.4 Å². The smallest absolute Gasteiger partial charge is 0.166 e. The van der Waals surface area contributed by atoms with Crippen molar-refractivity contribution in [3.63, 3.8) is 0 Å². The van der Waals surface area contributed by atoms with Gasteiger partial charge in [-0.25, -0.2) is 4.39 Å². The van der Waals surface area contributed by atoms with Crippen molar-refractivity contribution in [3.8, 4) is 0 Å². The number of carbonyl (C=O) groups is 2. The largest absolute Gasteiger partial charge is 0.303 e. The van der Waals surface area contributed by atoms with Gasteiger partial charge in [0.05, 0.1) is 0 Å². The highest BCUT2D eigenvalue weighted by Gasteiger charge is 2.25. The molecule has 5 heteroatoms. The van der Waals surface area contributed by atoms with Crippen molar-refractivity contribution in [2.24, 2.45) is 5.92 Å². The van der Waals surface area contributed by atoms with Gasteiger partial charge in [-0.15, -0.1) is 12.4 Å². The third kappa shape index (κ3) is 5.50. The summed E-state index contributed by atoms with van der Waals surface area (Å²) in [6.07, 6.45) is 3.22. The summed E-state index contributed by atoms with van der Waals surface area (Å²) in [7, 11) is 0. The molecule has 122 valence electrons. The molecule has 0 spiro atoms. The molecular formula is C17H23ClFNO2. The molecule has 22 heavy (non-hydrogen) atoms. The Morgan fingerprint density at radius 3 is 2.32 bits per heavy atom. The minimum Gasteiger partial charge on any atom is -0.303 e. The topological polar surface area (TPSA) is 37.4 Å². The van der Waals surface area contributed by atoms with Crippen molar-refractivity contribution >= 4 is 24.0 Å². The molecule has 1 heterocycles. The number of halogens is 2. The molecule has 1 aliphatic rings. The Morgan fingerprint density at radius 2 is 1.77 bits per heavy atom. The molecule has 0 atom stereocenters. The molecule has 0 aliphatic carbocycles. The maximum absolute atomic E-state index is 12.9. The average Bonchev–Trinajstić information content (AvgIpc) is 2.48. The van der Waals surface area contributed by atoms with Gasteiger partial charge in [0.1, 0.15) is 11.6 Å². The van der Waals surface area contributed by atoms with Gasteiger partial charge >= 0.3 is 0 Å². The van der Waals surface area contributed by atoms with Crippen LogP contribution in [0.1, 0.15) is 43.0 Å². The van der Waals surface area contributed by atoms with E-state index < -0.39 is 0 Å². The molecule has 1 aromatic rings. The first-order valence-corrected chi connectivity index (χ1v) is 7.58. The van der Waals surface area contributed by atoms with Crippen molar-refractivity contribution in [2.75, 3.05) is 19.6 Å². The van der Waals surface area contributed by atoms with Crippen molar-refractivity contribution in [1.82, 2.24) is 4.90 Å². The highest BCUT2D eigenvalue weighted by Crippen LogP contribution is 2.22. The fourth-order valence-electron chi connectivity index (χ4n) is 2.82. The van der Waals surface area contributed by atoms with E-state index in [0.717, 1.165) is 38.9 Å². The zero-order valence-corrected chi connectivity index (χ0v) is 13.7. The molecule has 0 aromatic heterocycles. The Morgan fingerprint density at radius 1 is 1.18 bits per heavy atom. The number of hydrogen-bond acceptors (Lipinski definition) is 3. The summed E-state index contributed by atoms with van der Waals surface area (Å²) in [5.74, 6) is 0.0844. The normalized spacial score (nSPS) is 16.1. The van der Waals surface area contributed by atoms with Gasteiger partial charge < -0.3 is 9.69 Å². The van der Waals surface area contributed by atoms with Gasteiger partial charge in [0.2, 0.25) is 0 Å². The lowest BCUT2D eigenvalue weighted by Gasteiger charge is -2.31. The molecule has 1 aromatic carbocycles. The van der Waals surface area contributed by atoms with E-state index in [-0.39, 0.29) is 35.7 Å². The number of hydrogen-bond donors (Lipinski definition) is 0. The fourth-order valence-corrected chi connectivity index (χ4v) is 2.82. The number of likely N-dealkylation sites (tertiary alicyclic amines) is 1. The van der Waals surface area contributed by atoms with Crippen molar-refractivity contribution < 1.29 is 14.0 Å². The van der Waals surface area contributed by atoms with E-state index >= 15 is 0 Å². The van der Waals surface area contributed by atoms with E-state index in [1.165, 1.54) is 12.1 Å². The summed E-state index contributed by atoms with van der Waals surface area (Å²) in [6.45, 7) is 4.34. The van der Waals surface area contributed by atoms with E-state index in [4.69, 9.17) is 0 Å². The second-order valence-electron chi connectivity index (χ2n) is 5.79. The molecule has 2 rings (SSSR count). The molecular weight excluding hydrogens is 305 g/mol. The Hall–Kier alpha value is -1.26. The Kier molecular flexibility index (Phi) is 7.69. The molecule has 3 nitrogen and oxygen atoms in total. The zero-order chi connectivity index (χ0) is 15.2. The maximum Gasteiger partial charge on any atom is 0.166 e. The van der Waals surface area contributed by atoms with Crippen molar-refractivity contribution in [3.05, 3.63) is 35.6 Å². The summed E-state index contributed by atoms with van der Waals surface area (Å²) >= 11 is 0. The lowest BCUT2D eigenvalue weighted by molar-refractivity contribution is -0.117. The molecule has 1 saturated heterocycles. The second kappa shape index (κ2) is 9.01. The molecule has 0 amide bonds. The van der Waals surface area contributed by atoms with Gasteiger partial charge in [-0.05, 0) is 70.1 Å². The zero-order valence-electron chi connectivity index (χ0n) is 12.9. The Balaban J connectivity index is 0.00000242. The summed E-state index contributed by atoms with van der Waals surface area (Å²) in [5.41, 5.74) is 0.603. The first kappa shape index (κ1) is 18.8. The fraction of sp³-hybridized carbons (Fsp3) is 0.529. The van der Waals surface area contributed by atoms with Crippen LogP contribution in [0.2, 0.25) is 0 Å². The van der Waals surface area contributed by atoms with E-state index in [1.54, 1.807) is 19.1 Å². The molecule has 0 saturated carbocycles. The van der Waals surface area contributed by atoms with Crippen LogP contribution in [0.25, 0.3) is 0 Å². The Labute approximate surface area is 137 Å². The summed E-state index contributed by atoms with van der Waals surface area (Å²) < 4.78 is 12.9. The van der Waals surface area contributed by atoms with Crippen molar-refractivity contribution in [1.29, 1.82) is 0 Å². The van der Waals surface area contributed by atoms with Crippen LogP contribution in [0.3, 0.4) is 0 Å². The molecule has 0 radical (unpaired) electrons. The van der Waals surface area contributed by atoms with Gasteiger partial charge in [0.15, 0.2) is 5.78 Å². The number of Topliss-reactive ketones (excluding diaryl/α,β-unsaturated/α-hetero) is 2. The number of benzene rings is 1. The molecule has 0 unspecified atom stereocenters. The minimum absolute atomic E-state index is 0. The van der Waals surface area contributed by atoms with Gasteiger partial charge in [0, 0.05) is 17.9 Å². The number of ketones is 2. The summed E-state index contributed by atoms with van der Waals surface area (Å²) in [5, 5.41) is 0. The molecule has 0 bridgehead atoms. The lowest BCUT2D eigenvalue weighted by atomic mass is 9.89. The van der Waals surface area contributed by atoms with Gasteiger partial charge in [-0.1, -0.05) is 0 Å². The van der Waals surface area contributed by atoms with Crippen LogP contribution in [-0.4, -0.2) is 36.1 Å². The van der Waals surface area contributed by atoms with E-state index in [9.17, 15) is 14.0 Å². The van der Waals surface area contributed by atoms with E-state index in [1.807, 2.05) is 0 Å². The highest BCUT2D eigenvalue weighted by atomic mass is 35.5. The molecule has 1 fully saturated rings. The molecule has 1 aliphatic heterocycles. The summed E-state index contributed by atoms with van der Waals surface area (Å²) in [6, 6.07) is 5.81. The standard InChI is InChI=1S/C17H22FNO2.ClH/c1-13(20)3-2-10-19-11-8-15(9-12-19)17(21)14-4-6-16(18)7-5-14;/h4-7,15H,2-3,8-12H2,1H3;1H. The number of rotatable bonds is 6. The van der Waals surface area contributed by atoms with Gasteiger partial charge in [-0.3, -0.25) is 4.79 Å². The third-order valence-corrected chi connectivity index (χ3v) is 4.09. The first-order chi connectivity index (χ1) is 10.1. The predicted molar refractivity (Wildman–Crippen MR) is 87.1 cm³/mol. The Bertz CT molecular complexity index is 496. The van der Waals surface area contributed by atoms with Crippen LogP contribution in [0.4, 0.5) is 4.39 Å². The van der Waals surface area contributed by atoms with Crippen LogP contribution in [0.15, 0.2) is 24.3 Å². The predicted octanol–water partition coefficient (Wildman–Crippen LogP) is 3.51. The second-order valence-corrected chi connectivity index (χ2v) is 5.79. The summed E-state index contributed by atoms with van der Waals surface area (Å²) in [4.78, 5) is 25.6. The first-order valence-electron chi connectivity index (χ1n) is 7.58. The van der Waals surface area contributed by atoms with Crippen LogP contribution in [-0.2, 0) is 4.79 Å². The van der Waals surface area contributed by atoms with Gasteiger partial charge in [0.25, 0.3) is 0 Å². The number of piperidine rings is 1. The highest BCUT2D eigenvalue weighted by molar-refractivity contribution is 5.97. The SMILES string of the molecule is CC(=O)CCCN1CCC(C(=O)c2ccc(F)cc2)CC1.Cl. The van der Waals surface area contributed by atoms with Crippen LogP contribution in [0.5, 0.6) is 0 Å². The van der Waals surface area contributed by atoms with E-state index in [2.05, 4.69) is 4.90 Å². The monoisotopic (exact) mass is 327 g/mol. The maximum atomic E-state index is 12.9. The van der Waals surface area contributed by atoms with Crippen molar-refractivity contribution in [2.45, 2.75) is 32.6 Å². The molecule has 0 N–H and O–H groups in total. The third-order valence-electron chi connectivity index (χ3n) is 4.09. The minimum atomic E-state index is -0.313.